The summed E-state index contributed by atoms with van der Waals surface area (Å²) in [7, 11) is 5.32. The van der Waals surface area contributed by atoms with Crippen LogP contribution in [0, 0.1) is 5.92 Å². The summed E-state index contributed by atoms with van der Waals surface area (Å²) in [6.45, 7) is 9.37. The van der Waals surface area contributed by atoms with Crippen molar-refractivity contribution in [2.24, 2.45) is 5.92 Å². The van der Waals surface area contributed by atoms with Gasteiger partial charge in [0.15, 0.2) is 0 Å². The second kappa shape index (κ2) is 6.97. The number of hydrogen-bond donors (Lipinski definition) is 1. The van der Waals surface area contributed by atoms with E-state index in [0.717, 1.165) is 13.0 Å². The number of ether oxygens (including phenoxy) is 1. The molecule has 2 atom stereocenters. The molecular formula is C13H28N2O2. The maximum Gasteiger partial charge on any atom is 0.325 e. The van der Waals surface area contributed by atoms with Gasteiger partial charge in [0.25, 0.3) is 0 Å². The predicted octanol–water partition coefficient (Wildman–Crippen LogP) is 1.50. The highest BCUT2D eigenvalue weighted by molar-refractivity contribution is 5.80. The highest BCUT2D eigenvalue weighted by Gasteiger charge is 2.32. The summed E-state index contributed by atoms with van der Waals surface area (Å²) in [4.78, 5) is 14.0. The third kappa shape index (κ3) is 4.64. The first-order valence-corrected chi connectivity index (χ1v) is 6.26. The fourth-order valence-electron chi connectivity index (χ4n) is 1.67. The van der Waals surface area contributed by atoms with Crippen molar-refractivity contribution in [3.63, 3.8) is 0 Å². The van der Waals surface area contributed by atoms with Gasteiger partial charge in [0.1, 0.15) is 5.54 Å². The smallest absolute Gasteiger partial charge is 0.325 e. The molecular weight excluding hydrogens is 216 g/mol. The summed E-state index contributed by atoms with van der Waals surface area (Å²) < 4.78 is 4.83. The van der Waals surface area contributed by atoms with Gasteiger partial charge in [0.2, 0.25) is 0 Å². The molecule has 4 nitrogen and oxygen atoms in total. The normalized spacial score (nSPS) is 17.0. The Morgan fingerprint density at radius 3 is 2.29 bits per heavy atom. The number of rotatable bonds is 7. The monoisotopic (exact) mass is 244 g/mol. The zero-order chi connectivity index (χ0) is 13.6. The van der Waals surface area contributed by atoms with Gasteiger partial charge < -0.3 is 15.0 Å². The molecule has 2 unspecified atom stereocenters. The van der Waals surface area contributed by atoms with Gasteiger partial charge in [-0.05, 0) is 40.3 Å². The molecule has 0 aromatic heterocycles. The molecule has 0 heterocycles. The maximum atomic E-state index is 11.7. The van der Waals surface area contributed by atoms with Gasteiger partial charge in [-0.1, -0.05) is 13.8 Å². The lowest BCUT2D eigenvalue weighted by atomic mass is 9.97. The molecule has 0 fully saturated rings. The van der Waals surface area contributed by atoms with E-state index < -0.39 is 5.54 Å². The molecule has 0 rings (SSSR count). The van der Waals surface area contributed by atoms with Gasteiger partial charge in [-0.3, -0.25) is 4.79 Å². The number of nitrogens with one attached hydrogen (secondary N) is 1. The Balaban J connectivity index is 4.38. The number of esters is 1. The topological polar surface area (TPSA) is 41.6 Å². The van der Waals surface area contributed by atoms with Crippen molar-refractivity contribution in [1.82, 2.24) is 10.2 Å². The van der Waals surface area contributed by atoms with E-state index in [9.17, 15) is 4.79 Å². The number of methoxy groups -OCH3 is 1. The minimum Gasteiger partial charge on any atom is -0.468 e. The van der Waals surface area contributed by atoms with Crippen LogP contribution in [0.25, 0.3) is 0 Å². The van der Waals surface area contributed by atoms with E-state index in [2.05, 4.69) is 38.0 Å². The molecule has 0 bridgehead atoms. The molecule has 4 heteroatoms. The van der Waals surface area contributed by atoms with Crippen LogP contribution in [0.15, 0.2) is 0 Å². The minimum absolute atomic E-state index is 0.203. The average molecular weight is 244 g/mol. The summed E-state index contributed by atoms with van der Waals surface area (Å²) in [5.41, 5.74) is -0.598. The van der Waals surface area contributed by atoms with Gasteiger partial charge in [0.05, 0.1) is 7.11 Å². The Labute approximate surface area is 106 Å². The van der Waals surface area contributed by atoms with Crippen LogP contribution in [-0.4, -0.2) is 50.2 Å². The van der Waals surface area contributed by atoms with Gasteiger partial charge >= 0.3 is 5.97 Å². The molecule has 0 spiro atoms. The van der Waals surface area contributed by atoms with E-state index in [-0.39, 0.29) is 5.97 Å². The van der Waals surface area contributed by atoms with Gasteiger partial charge in [0, 0.05) is 12.6 Å². The summed E-state index contributed by atoms with van der Waals surface area (Å²) in [6, 6.07) is 0.508. The van der Waals surface area contributed by atoms with Crippen LogP contribution in [0.3, 0.4) is 0 Å². The van der Waals surface area contributed by atoms with Gasteiger partial charge in [-0.25, -0.2) is 0 Å². The van der Waals surface area contributed by atoms with E-state index in [1.807, 2.05) is 6.92 Å². The average Bonchev–Trinajstić information content (AvgIpc) is 2.33. The Morgan fingerprint density at radius 1 is 1.41 bits per heavy atom. The molecule has 0 aliphatic carbocycles. The van der Waals surface area contributed by atoms with Crippen LogP contribution in [0.1, 0.15) is 34.1 Å². The zero-order valence-electron chi connectivity index (χ0n) is 12.3. The first-order valence-electron chi connectivity index (χ1n) is 6.26. The summed E-state index contributed by atoms with van der Waals surface area (Å²) in [6.07, 6.45) is 0.740. The molecule has 0 radical (unpaired) electrons. The minimum atomic E-state index is -0.598. The number of carbonyl (C=O) groups is 1. The van der Waals surface area contributed by atoms with Crippen molar-refractivity contribution in [2.45, 2.75) is 45.7 Å². The molecule has 0 aliphatic heterocycles. The van der Waals surface area contributed by atoms with E-state index in [1.54, 1.807) is 7.05 Å². The van der Waals surface area contributed by atoms with Crippen LogP contribution in [0.4, 0.5) is 0 Å². The number of nitrogens with zero attached hydrogens (tertiary/aromatic N) is 1. The van der Waals surface area contributed by atoms with Gasteiger partial charge in [-0.2, -0.15) is 0 Å². The van der Waals surface area contributed by atoms with Crippen molar-refractivity contribution >= 4 is 5.97 Å². The van der Waals surface area contributed by atoms with Crippen molar-refractivity contribution in [3.8, 4) is 0 Å². The second-order valence-electron chi connectivity index (χ2n) is 5.29. The van der Waals surface area contributed by atoms with Crippen LogP contribution in [-0.2, 0) is 9.53 Å². The molecule has 0 amide bonds. The Hall–Kier alpha value is -0.610. The van der Waals surface area contributed by atoms with Crippen LogP contribution >= 0.6 is 0 Å². The van der Waals surface area contributed by atoms with E-state index >= 15 is 0 Å². The molecule has 0 aromatic carbocycles. The standard InChI is InChI=1S/C13H28N2O2/c1-10(2)11(3)15(6)9-8-13(4,14-5)12(16)17-7/h10-11,14H,8-9H2,1-7H3. The maximum absolute atomic E-state index is 11.7. The Morgan fingerprint density at radius 2 is 1.94 bits per heavy atom. The van der Waals surface area contributed by atoms with Crippen LogP contribution in [0.5, 0.6) is 0 Å². The molecule has 17 heavy (non-hydrogen) atoms. The lowest BCUT2D eigenvalue weighted by molar-refractivity contribution is -0.148. The fourth-order valence-corrected chi connectivity index (χ4v) is 1.67. The molecule has 1 N–H and O–H groups in total. The lowest BCUT2D eigenvalue weighted by Crippen LogP contribution is -2.50. The third-order valence-electron chi connectivity index (χ3n) is 3.81. The summed E-state index contributed by atoms with van der Waals surface area (Å²) in [5, 5.41) is 3.05. The largest absolute Gasteiger partial charge is 0.468 e. The molecule has 0 saturated carbocycles. The summed E-state index contributed by atoms with van der Waals surface area (Å²) in [5.74, 6) is 0.407. The highest BCUT2D eigenvalue weighted by Crippen LogP contribution is 2.15. The first-order chi connectivity index (χ1) is 7.78. The quantitative estimate of drug-likeness (QED) is 0.689. The molecule has 0 saturated heterocycles. The van der Waals surface area contributed by atoms with E-state index in [1.165, 1.54) is 7.11 Å². The van der Waals surface area contributed by atoms with E-state index in [0.29, 0.717) is 12.0 Å². The zero-order valence-corrected chi connectivity index (χ0v) is 12.3. The Kier molecular flexibility index (Phi) is 6.72. The predicted molar refractivity (Wildman–Crippen MR) is 71.0 cm³/mol. The number of hydrogen-bond acceptors (Lipinski definition) is 4. The number of likely N-dealkylation sites (N-methyl/N-ethyl adjacent to an activating group) is 1. The van der Waals surface area contributed by atoms with Crippen molar-refractivity contribution < 1.29 is 9.53 Å². The van der Waals surface area contributed by atoms with Crippen LogP contribution in [0.2, 0.25) is 0 Å². The highest BCUT2D eigenvalue weighted by atomic mass is 16.5. The van der Waals surface area contributed by atoms with Crippen molar-refractivity contribution in [2.75, 3.05) is 27.7 Å². The Bertz CT molecular complexity index is 244. The van der Waals surface area contributed by atoms with E-state index in [4.69, 9.17) is 4.74 Å². The van der Waals surface area contributed by atoms with Gasteiger partial charge in [-0.15, -0.1) is 0 Å². The molecule has 102 valence electrons. The van der Waals surface area contributed by atoms with Crippen molar-refractivity contribution in [1.29, 1.82) is 0 Å². The lowest BCUT2D eigenvalue weighted by Gasteiger charge is -2.32. The number of carbonyl (C=O) groups excluding carboxylic acids is 1. The van der Waals surface area contributed by atoms with Crippen LogP contribution < -0.4 is 5.32 Å². The van der Waals surface area contributed by atoms with Crippen molar-refractivity contribution in [3.05, 3.63) is 0 Å². The SMILES string of the molecule is CNC(C)(CCN(C)C(C)C(C)C)C(=O)OC. The molecule has 0 aromatic rings. The fraction of sp³-hybridized carbons (Fsp3) is 0.923. The first kappa shape index (κ1) is 16.4. The molecule has 0 aliphatic rings. The summed E-state index contributed by atoms with van der Waals surface area (Å²) >= 11 is 0. The second-order valence-corrected chi connectivity index (χ2v) is 5.29. The third-order valence-corrected chi connectivity index (χ3v) is 3.81.